The first-order valence-corrected chi connectivity index (χ1v) is 10.5. The van der Waals surface area contributed by atoms with Crippen LogP contribution in [0.3, 0.4) is 0 Å². The lowest BCUT2D eigenvalue weighted by Crippen LogP contribution is -2.36. The number of non-ortho nitro benzene ring substituents is 1. The van der Waals surface area contributed by atoms with Gasteiger partial charge < -0.3 is 19.5 Å². The summed E-state index contributed by atoms with van der Waals surface area (Å²) >= 11 is 5.57. The minimum absolute atomic E-state index is 0.0148. The molecule has 1 saturated heterocycles. The quantitative estimate of drug-likeness (QED) is 0.253. The molecule has 0 amide bonds. The molecule has 2 atom stereocenters. The van der Waals surface area contributed by atoms with Crippen molar-refractivity contribution < 1.29 is 14.5 Å². The zero-order chi connectivity index (χ0) is 22.7. The van der Waals surface area contributed by atoms with Crippen LogP contribution in [0.25, 0.3) is 5.69 Å². The third-order valence-electron chi connectivity index (χ3n) is 5.22. The fourth-order valence-electron chi connectivity index (χ4n) is 3.85. The summed E-state index contributed by atoms with van der Waals surface area (Å²) in [5.41, 5.74) is 2.40. The van der Waals surface area contributed by atoms with Crippen LogP contribution in [0.2, 0.25) is 0 Å². The number of pyridine rings is 1. The Morgan fingerprint density at radius 2 is 2.00 bits per heavy atom. The molecule has 4 rings (SSSR count). The highest BCUT2D eigenvalue weighted by atomic mass is 32.1. The molecule has 1 fully saturated rings. The van der Waals surface area contributed by atoms with Crippen LogP contribution in [0, 0.1) is 10.1 Å². The van der Waals surface area contributed by atoms with Crippen LogP contribution in [0.1, 0.15) is 30.4 Å². The first-order valence-electron chi connectivity index (χ1n) is 10.1. The van der Waals surface area contributed by atoms with Crippen LogP contribution in [0.5, 0.6) is 0 Å². The van der Waals surface area contributed by atoms with E-state index < -0.39 is 4.92 Å². The lowest BCUT2D eigenvalue weighted by atomic mass is 10.0. The summed E-state index contributed by atoms with van der Waals surface area (Å²) < 4.78 is 7.08. The number of ether oxygens (including phenoxy) is 1. The van der Waals surface area contributed by atoms with E-state index in [2.05, 4.69) is 10.3 Å². The molecule has 1 aliphatic rings. The minimum Gasteiger partial charge on any atom is -0.465 e. The summed E-state index contributed by atoms with van der Waals surface area (Å²) in [6, 6.07) is 15.1. The average Bonchev–Trinajstić information content (AvgIpc) is 3.39. The van der Waals surface area contributed by atoms with Gasteiger partial charge in [0.25, 0.3) is 5.69 Å². The van der Waals surface area contributed by atoms with Gasteiger partial charge in [0.15, 0.2) is 5.11 Å². The van der Waals surface area contributed by atoms with Gasteiger partial charge in [-0.05, 0) is 55.5 Å². The lowest BCUT2D eigenvalue weighted by Gasteiger charge is -2.28. The van der Waals surface area contributed by atoms with Gasteiger partial charge in [0.05, 0.1) is 29.3 Å². The number of nitro groups is 1. The lowest BCUT2D eigenvalue weighted by molar-refractivity contribution is -0.384. The molecule has 0 aliphatic carbocycles. The molecule has 1 N–H and O–H groups in total. The number of aromatic nitrogens is 2. The average molecular weight is 452 g/mol. The number of carbonyl (C=O) groups is 1. The Morgan fingerprint density at radius 1 is 1.22 bits per heavy atom. The Labute approximate surface area is 189 Å². The van der Waals surface area contributed by atoms with E-state index in [1.807, 2.05) is 41.1 Å². The van der Waals surface area contributed by atoms with Gasteiger partial charge in [-0.3, -0.25) is 19.9 Å². The van der Waals surface area contributed by atoms with E-state index in [1.54, 1.807) is 30.2 Å². The predicted molar refractivity (Wildman–Crippen MR) is 121 cm³/mol. The number of benzene rings is 1. The fourth-order valence-corrected chi connectivity index (χ4v) is 4.15. The van der Waals surface area contributed by atoms with E-state index in [9.17, 15) is 14.9 Å². The van der Waals surface area contributed by atoms with Crippen LogP contribution >= 0.6 is 12.2 Å². The van der Waals surface area contributed by atoms with E-state index in [0.29, 0.717) is 5.11 Å². The van der Waals surface area contributed by atoms with Crippen molar-refractivity contribution in [1.82, 2.24) is 19.8 Å². The van der Waals surface area contributed by atoms with Gasteiger partial charge >= 0.3 is 5.97 Å². The molecule has 0 spiro atoms. The second-order valence-corrected chi connectivity index (χ2v) is 7.52. The largest absolute Gasteiger partial charge is 0.465 e. The zero-order valence-corrected chi connectivity index (χ0v) is 18.1. The molecular formula is C22H21N5O4S. The molecule has 2 unspecified atom stereocenters. The second-order valence-electron chi connectivity index (χ2n) is 7.14. The van der Waals surface area contributed by atoms with Crippen molar-refractivity contribution in [2.75, 3.05) is 13.2 Å². The molecule has 32 heavy (non-hydrogen) atoms. The number of carbonyl (C=O) groups excluding carboxylic acids is 1. The van der Waals surface area contributed by atoms with E-state index in [4.69, 9.17) is 17.0 Å². The maximum atomic E-state index is 12.3. The Morgan fingerprint density at radius 3 is 2.66 bits per heavy atom. The van der Waals surface area contributed by atoms with Crippen LogP contribution in [-0.4, -0.2) is 43.6 Å². The van der Waals surface area contributed by atoms with Crippen molar-refractivity contribution >= 4 is 29.0 Å². The SMILES string of the molecule is CCOC(=O)CN1C(=S)NC(c2ccccn2)C1c1cccn1-c1ccc([N+](=O)[O-])cc1. The van der Waals surface area contributed by atoms with Gasteiger partial charge in [0, 0.05) is 35.9 Å². The Bertz CT molecular complexity index is 1130. The topological polar surface area (TPSA) is 103 Å². The number of hydrogen-bond acceptors (Lipinski definition) is 6. The maximum absolute atomic E-state index is 12.3. The first kappa shape index (κ1) is 21.4. The van der Waals surface area contributed by atoms with Gasteiger partial charge in [-0.2, -0.15) is 0 Å². The summed E-state index contributed by atoms with van der Waals surface area (Å²) in [5, 5.41) is 14.7. The second kappa shape index (κ2) is 9.15. The highest BCUT2D eigenvalue weighted by Crippen LogP contribution is 2.39. The van der Waals surface area contributed by atoms with E-state index in [1.165, 1.54) is 12.1 Å². The van der Waals surface area contributed by atoms with Gasteiger partial charge in [-0.15, -0.1) is 0 Å². The molecule has 0 bridgehead atoms. The highest BCUT2D eigenvalue weighted by Gasteiger charge is 2.42. The fraction of sp³-hybridized carbons (Fsp3) is 0.227. The highest BCUT2D eigenvalue weighted by molar-refractivity contribution is 7.80. The Kier molecular flexibility index (Phi) is 6.13. The van der Waals surface area contributed by atoms with Gasteiger partial charge in [-0.1, -0.05) is 6.07 Å². The van der Waals surface area contributed by atoms with Crippen LogP contribution in [-0.2, 0) is 9.53 Å². The summed E-state index contributed by atoms with van der Waals surface area (Å²) in [7, 11) is 0. The number of rotatable bonds is 7. The molecule has 0 saturated carbocycles. The number of thiocarbonyl (C=S) groups is 1. The molecule has 0 radical (unpaired) electrons. The van der Waals surface area contributed by atoms with E-state index >= 15 is 0 Å². The molecule has 9 nitrogen and oxygen atoms in total. The molecule has 3 heterocycles. The first-order chi connectivity index (χ1) is 15.5. The maximum Gasteiger partial charge on any atom is 0.325 e. The number of esters is 1. The standard InChI is InChI=1S/C22H21N5O4S/c1-2-31-19(28)14-26-21(20(24-22(26)32)17-6-3-4-12-23-17)18-7-5-13-25(18)15-8-10-16(11-9-15)27(29)30/h3-13,20-21H,2,14H2,1H3,(H,24,32). The van der Waals surface area contributed by atoms with Crippen LogP contribution in [0.15, 0.2) is 67.0 Å². The number of hydrogen-bond donors (Lipinski definition) is 1. The third kappa shape index (κ3) is 4.17. The van der Waals surface area contributed by atoms with E-state index in [-0.39, 0.29) is 36.9 Å². The summed E-state index contributed by atoms with van der Waals surface area (Å²) in [4.78, 5) is 29.2. The Balaban J connectivity index is 1.76. The molecule has 1 aromatic carbocycles. The normalized spacial score (nSPS) is 17.8. The Hall–Kier alpha value is -3.79. The van der Waals surface area contributed by atoms with Crippen molar-refractivity contribution in [2.24, 2.45) is 0 Å². The predicted octanol–water partition coefficient (Wildman–Crippen LogP) is 3.32. The van der Waals surface area contributed by atoms with Crippen LogP contribution < -0.4 is 5.32 Å². The minimum atomic E-state index is -0.433. The molecule has 164 valence electrons. The molecule has 10 heteroatoms. The van der Waals surface area contributed by atoms with Crippen molar-refractivity contribution in [2.45, 2.75) is 19.0 Å². The number of nitro benzene ring substituents is 1. The smallest absolute Gasteiger partial charge is 0.325 e. The van der Waals surface area contributed by atoms with Crippen LogP contribution in [0.4, 0.5) is 5.69 Å². The van der Waals surface area contributed by atoms with Crippen molar-refractivity contribution in [3.63, 3.8) is 0 Å². The third-order valence-corrected chi connectivity index (χ3v) is 5.58. The van der Waals surface area contributed by atoms with Crippen molar-refractivity contribution in [3.8, 4) is 5.69 Å². The number of nitrogens with one attached hydrogen (secondary N) is 1. The number of nitrogens with zero attached hydrogens (tertiary/aromatic N) is 4. The zero-order valence-electron chi connectivity index (χ0n) is 17.2. The molecular weight excluding hydrogens is 430 g/mol. The molecule has 3 aromatic rings. The van der Waals surface area contributed by atoms with E-state index in [0.717, 1.165) is 17.1 Å². The monoisotopic (exact) mass is 451 g/mol. The summed E-state index contributed by atoms with van der Waals surface area (Å²) in [6.45, 7) is 2.02. The van der Waals surface area contributed by atoms with Gasteiger partial charge in [-0.25, -0.2) is 0 Å². The van der Waals surface area contributed by atoms with Crippen molar-refractivity contribution in [3.05, 3.63) is 88.5 Å². The van der Waals surface area contributed by atoms with Gasteiger partial charge in [0.1, 0.15) is 6.54 Å². The molecule has 1 aliphatic heterocycles. The summed E-state index contributed by atoms with van der Waals surface area (Å²) in [5.74, 6) is -0.378. The molecule has 2 aromatic heterocycles. The van der Waals surface area contributed by atoms with Gasteiger partial charge in [0.2, 0.25) is 0 Å². The van der Waals surface area contributed by atoms with Crippen molar-refractivity contribution in [1.29, 1.82) is 0 Å². The summed E-state index contributed by atoms with van der Waals surface area (Å²) in [6.07, 6.45) is 3.58.